The summed E-state index contributed by atoms with van der Waals surface area (Å²) in [5.41, 5.74) is 1.91. The summed E-state index contributed by atoms with van der Waals surface area (Å²) in [6, 6.07) is 16.8. The highest BCUT2D eigenvalue weighted by Gasteiger charge is 2.72. The first-order valence-corrected chi connectivity index (χ1v) is 14.9. The van der Waals surface area contributed by atoms with Gasteiger partial charge >= 0.3 is 0 Å². The number of anilines is 1. The van der Waals surface area contributed by atoms with Gasteiger partial charge < -0.3 is 23.8 Å². The predicted molar refractivity (Wildman–Crippen MR) is 150 cm³/mol. The molecule has 8 nitrogen and oxygen atoms in total. The van der Waals surface area contributed by atoms with E-state index in [0.717, 1.165) is 57.1 Å². The third-order valence-electron chi connectivity index (χ3n) is 10.2. The summed E-state index contributed by atoms with van der Waals surface area (Å²) < 4.78 is 24.9. The fourth-order valence-electron chi connectivity index (χ4n) is 7.92. The molecule has 1 spiro atoms. The minimum Gasteiger partial charge on any atom is -0.495 e. The molecule has 0 radical (unpaired) electrons. The molecule has 216 valence electrons. The Balaban J connectivity index is 0.978. The lowest BCUT2D eigenvalue weighted by molar-refractivity contribution is -0.614. The van der Waals surface area contributed by atoms with Crippen LogP contribution in [0.3, 0.4) is 0 Å². The molecule has 0 amide bonds. The van der Waals surface area contributed by atoms with Gasteiger partial charge in [0.05, 0.1) is 12.8 Å². The van der Waals surface area contributed by atoms with Gasteiger partial charge in [-0.25, -0.2) is 9.78 Å². The molecule has 6 fully saturated rings. The Labute approximate surface area is 237 Å². The van der Waals surface area contributed by atoms with Crippen molar-refractivity contribution in [3.05, 3.63) is 54.1 Å². The molecule has 0 aromatic heterocycles. The highest BCUT2D eigenvalue weighted by atomic mass is 17.3. The molecule has 2 unspecified atom stereocenters. The standard InChI is InChI=1S/C32H42N2O6/c1-21-9-14-25-22(2)29(37-30-32(25)26(21)19-31(3,38-30)39-40-32)36-24-12-10-23(11-13-24)20-33-15-17-34(18-16-33)27-7-5-6-8-28(27)35-4/h5-8,10-13,21-22,25-26,29-30H,9,14-20H2,1-4H3/t21-,22-,25?,26?,29+,30-,31+,32+/m1/s1. The summed E-state index contributed by atoms with van der Waals surface area (Å²) in [4.78, 5) is 16.9. The molecule has 1 saturated carbocycles. The highest BCUT2D eigenvalue weighted by molar-refractivity contribution is 5.58. The van der Waals surface area contributed by atoms with Crippen LogP contribution < -0.4 is 14.4 Å². The first-order valence-electron chi connectivity index (χ1n) is 14.9. The maximum atomic E-state index is 6.52. The molecule has 1 aliphatic carbocycles. The third-order valence-corrected chi connectivity index (χ3v) is 10.2. The Morgan fingerprint density at radius 2 is 1.70 bits per heavy atom. The van der Waals surface area contributed by atoms with Gasteiger partial charge in [-0.1, -0.05) is 38.1 Å². The zero-order valence-corrected chi connectivity index (χ0v) is 24.1. The lowest BCUT2D eigenvalue weighted by Crippen LogP contribution is -2.76. The van der Waals surface area contributed by atoms with E-state index in [1.165, 1.54) is 17.7 Å². The van der Waals surface area contributed by atoms with Gasteiger partial charge in [0.15, 0.2) is 11.9 Å². The summed E-state index contributed by atoms with van der Waals surface area (Å²) in [6.07, 6.45) is 2.22. The molecule has 0 N–H and O–H groups in total. The summed E-state index contributed by atoms with van der Waals surface area (Å²) in [5.74, 6) is 2.32. The molecule has 5 aliphatic heterocycles. The van der Waals surface area contributed by atoms with Crippen LogP contribution in [0.2, 0.25) is 0 Å². The minimum atomic E-state index is -0.765. The van der Waals surface area contributed by atoms with E-state index >= 15 is 0 Å². The van der Waals surface area contributed by atoms with Crippen LogP contribution in [0.5, 0.6) is 11.5 Å². The van der Waals surface area contributed by atoms with Gasteiger partial charge in [-0.05, 0) is 55.5 Å². The van der Waals surface area contributed by atoms with Crippen molar-refractivity contribution in [1.82, 2.24) is 4.90 Å². The summed E-state index contributed by atoms with van der Waals surface area (Å²) in [5, 5.41) is 0. The Bertz CT molecular complexity index is 1200. The van der Waals surface area contributed by atoms with Gasteiger partial charge in [0, 0.05) is 56.9 Å². The number of nitrogens with zero attached hydrogens (tertiary/aromatic N) is 2. The lowest BCUT2D eigenvalue weighted by Gasteiger charge is -2.66. The van der Waals surface area contributed by atoms with Crippen molar-refractivity contribution in [2.45, 2.75) is 70.5 Å². The zero-order valence-electron chi connectivity index (χ0n) is 24.1. The predicted octanol–water partition coefficient (Wildman–Crippen LogP) is 5.21. The van der Waals surface area contributed by atoms with Crippen LogP contribution in [0, 0.1) is 23.7 Å². The molecule has 6 aliphatic rings. The number of methoxy groups -OCH3 is 1. The van der Waals surface area contributed by atoms with Crippen molar-refractivity contribution in [3.63, 3.8) is 0 Å². The van der Waals surface area contributed by atoms with E-state index in [1.807, 2.05) is 19.1 Å². The Morgan fingerprint density at radius 3 is 2.48 bits per heavy atom. The van der Waals surface area contributed by atoms with E-state index in [2.05, 4.69) is 60.0 Å². The van der Waals surface area contributed by atoms with Crippen LogP contribution >= 0.6 is 0 Å². The fraction of sp³-hybridized carbons (Fsp3) is 0.625. The maximum absolute atomic E-state index is 6.52. The van der Waals surface area contributed by atoms with E-state index in [0.29, 0.717) is 11.8 Å². The molecule has 2 bridgehead atoms. The average Bonchev–Trinajstić information content (AvgIpc) is 2.97. The topological polar surface area (TPSA) is 61.9 Å². The number of benzene rings is 2. The molecule has 8 rings (SSSR count). The quantitative estimate of drug-likeness (QED) is 0.454. The van der Waals surface area contributed by atoms with E-state index in [4.69, 9.17) is 28.7 Å². The molecule has 40 heavy (non-hydrogen) atoms. The summed E-state index contributed by atoms with van der Waals surface area (Å²) >= 11 is 0. The Kier molecular flexibility index (Phi) is 6.75. The van der Waals surface area contributed by atoms with E-state index in [1.54, 1.807) is 7.11 Å². The second-order valence-corrected chi connectivity index (χ2v) is 12.6. The molecule has 8 heteroatoms. The number of hydrogen-bond donors (Lipinski definition) is 0. The first kappa shape index (κ1) is 26.5. The number of ether oxygens (including phenoxy) is 4. The second-order valence-electron chi connectivity index (χ2n) is 12.6. The van der Waals surface area contributed by atoms with Gasteiger partial charge in [-0.2, -0.15) is 0 Å². The van der Waals surface area contributed by atoms with Crippen molar-refractivity contribution >= 4 is 5.69 Å². The van der Waals surface area contributed by atoms with E-state index < -0.39 is 24.0 Å². The SMILES string of the molecule is COc1ccccc1N1CCN(Cc2ccc(O[C@H]3O[C@@H]4O[C@]5(C)CC6[C@H](C)CCC([C@H]3C)[C@]64OO5)cc2)CC1. The largest absolute Gasteiger partial charge is 0.495 e. The van der Waals surface area contributed by atoms with Crippen LogP contribution in [0.4, 0.5) is 5.69 Å². The zero-order chi connectivity index (χ0) is 27.5. The van der Waals surface area contributed by atoms with Gasteiger partial charge in [0.25, 0.3) is 0 Å². The molecule has 8 atom stereocenters. The van der Waals surface area contributed by atoms with E-state index in [-0.39, 0.29) is 11.8 Å². The Morgan fingerprint density at radius 1 is 0.925 bits per heavy atom. The maximum Gasteiger partial charge on any atom is 0.205 e. The molecule has 2 aromatic rings. The van der Waals surface area contributed by atoms with Gasteiger partial charge in [0.2, 0.25) is 12.1 Å². The van der Waals surface area contributed by atoms with Crippen molar-refractivity contribution in [3.8, 4) is 11.5 Å². The van der Waals surface area contributed by atoms with Crippen LogP contribution in [0.1, 0.15) is 45.6 Å². The number of piperazine rings is 1. The average molecular weight is 551 g/mol. The molecular weight excluding hydrogens is 508 g/mol. The summed E-state index contributed by atoms with van der Waals surface area (Å²) in [7, 11) is 1.74. The highest BCUT2D eigenvalue weighted by Crippen LogP contribution is 2.62. The van der Waals surface area contributed by atoms with Crippen LogP contribution in [-0.4, -0.2) is 62.2 Å². The van der Waals surface area contributed by atoms with E-state index in [9.17, 15) is 0 Å². The number of rotatable bonds is 6. The second kappa shape index (κ2) is 10.2. The first-order chi connectivity index (χ1) is 19.4. The summed E-state index contributed by atoms with van der Waals surface area (Å²) in [6.45, 7) is 11.4. The van der Waals surface area contributed by atoms with Gasteiger partial charge in [0.1, 0.15) is 11.5 Å². The number of fused-ring (bicyclic) bond motifs is 1. The van der Waals surface area contributed by atoms with Crippen molar-refractivity contribution in [1.29, 1.82) is 0 Å². The lowest BCUT2D eigenvalue weighted by atomic mass is 9.56. The van der Waals surface area contributed by atoms with Crippen molar-refractivity contribution in [2.24, 2.45) is 23.7 Å². The molecular formula is C32H42N2O6. The van der Waals surface area contributed by atoms with Crippen LogP contribution in [-0.2, 0) is 25.8 Å². The van der Waals surface area contributed by atoms with Crippen LogP contribution in [0.25, 0.3) is 0 Å². The van der Waals surface area contributed by atoms with Crippen molar-refractivity contribution in [2.75, 3.05) is 38.2 Å². The monoisotopic (exact) mass is 550 g/mol. The number of hydrogen-bond acceptors (Lipinski definition) is 8. The molecule has 2 aromatic carbocycles. The van der Waals surface area contributed by atoms with Crippen LogP contribution in [0.15, 0.2) is 48.5 Å². The number of para-hydroxylation sites is 2. The van der Waals surface area contributed by atoms with Gasteiger partial charge in [-0.15, -0.1) is 0 Å². The fourth-order valence-corrected chi connectivity index (χ4v) is 7.92. The molecule has 5 heterocycles. The normalized spacial score (nSPS) is 39.0. The third kappa shape index (κ3) is 4.40. The smallest absolute Gasteiger partial charge is 0.205 e. The molecule has 5 saturated heterocycles. The van der Waals surface area contributed by atoms with Crippen molar-refractivity contribution < 1.29 is 28.7 Å². The minimum absolute atomic E-state index is 0.153. The van der Waals surface area contributed by atoms with Gasteiger partial charge in [-0.3, -0.25) is 4.90 Å². The Hall–Kier alpha value is -2.36.